The van der Waals surface area contributed by atoms with Crippen LogP contribution in [0, 0.1) is 0 Å². The second-order valence-corrected chi connectivity index (χ2v) is 6.02. The van der Waals surface area contributed by atoms with Gasteiger partial charge in [-0.1, -0.05) is 17.7 Å². The Morgan fingerprint density at radius 3 is 2.11 bits per heavy atom. The Labute approximate surface area is 162 Å². The van der Waals surface area contributed by atoms with Gasteiger partial charge in [-0.25, -0.2) is 0 Å². The minimum atomic E-state index is -0.802. The number of rotatable bonds is 6. The molecule has 0 aliphatic rings. The van der Waals surface area contributed by atoms with Gasteiger partial charge < -0.3 is 24.8 Å². The van der Waals surface area contributed by atoms with Crippen molar-refractivity contribution >= 4 is 29.1 Å². The molecule has 2 amide bonds. The van der Waals surface area contributed by atoms with Crippen molar-refractivity contribution < 1.29 is 23.8 Å². The summed E-state index contributed by atoms with van der Waals surface area (Å²) in [5.41, 5.74) is 1.15. The van der Waals surface area contributed by atoms with Crippen molar-refractivity contribution in [1.29, 1.82) is 0 Å². The van der Waals surface area contributed by atoms with Gasteiger partial charge in [-0.15, -0.1) is 0 Å². The summed E-state index contributed by atoms with van der Waals surface area (Å²) < 4.78 is 15.5. The Morgan fingerprint density at radius 1 is 0.889 bits per heavy atom. The number of carbonyl (C=O) groups is 2. The second-order valence-electron chi connectivity index (χ2n) is 5.61. The van der Waals surface area contributed by atoms with Crippen molar-refractivity contribution in [2.24, 2.45) is 0 Å². The lowest BCUT2D eigenvalue weighted by Crippen LogP contribution is -2.36. The van der Waals surface area contributed by atoms with E-state index in [1.807, 2.05) is 0 Å². The molecule has 0 fully saturated rings. The molecule has 2 aromatic rings. The molecule has 0 saturated heterocycles. The van der Waals surface area contributed by atoms with Crippen LogP contribution in [0.1, 0.15) is 18.5 Å². The van der Waals surface area contributed by atoms with Gasteiger partial charge in [0.2, 0.25) is 0 Å². The fourth-order valence-corrected chi connectivity index (χ4v) is 2.66. The van der Waals surface area contributed by atoms with E-state index < -0.39 is 17.9 Å². The maximum absolute atomic E-state index is 12.2. The van der Waals surface area contributed by atoms with Crippen LogP contribution in [-0.2, 0) is 9.59 Å². The van der Waals surface area contributed by atoms with Crippen LogP contribution in [0.2, 0.25) is 5.02 Å². The molecule has 0 bridgehead atoms. The summed E-state index contributed by atoms with van der Waals surface area (Å²) in [6.07, 6.45) is 0. The summed E-state index contributed by atoms with van der Waals surface area (Å²) in [4.78, 5) is 24.3. The third kappa shape index (κ3) is 5.04. The van der Waals surface area contributed by atoms with Gasteiger partial charge in [-0.05, 0) is 42.8 Å². The first kappa shape index (κ1) is 20.4. The molecule has 0 spiro atoms. The third-order valence-electron chi connectivity index (χ3n) is 3.87. The number of carbonyl (C=O) groups excluding carboxylic acids is 2. The van der Waals surface area contributed by atoms with Crippen LogP contribution in [0.3, 0.4) is 0 Å². The first-order valence-corrected chi connectivity index (χ1v) is 8.44. The van der Waals surface area contributed by atoms with E-state index in [0.717, 1.165) is 5.56 Å². The molecule has 27 heavy (non-hydrogen) atoms. The summed E-state index contributed by atoms with van der Waals surface area (Å²) in [6.45, 7) is 1.76. The highest BCUT2D eigenvalue weighted by Gasteiger charge is 2.19. The molecule has 0 aromatic heterocycles. The predicted molar refractivity (Wildman–Crippen MR) is 103 cm³/mol. The summed E-state index contributed by atoms with van der Waals surface area (Å²) in [5, 5.41) is 5.46. The zero-order chi connectivity index (χ0) is 20.0. The normalized spacial score (nSPS) is 11.3. The van der Waals surface area contributed by atoms with Crippen molar-refractivity contribution in [3.63, 3.8) is 0 Å². The molecule has 2 aromatic carbocycles. The van der Waals surface area contributed by atoms with Crippen LogP contribution in [0.4, 0.5) is 5.69 Å². The van der Waals surface area contributed by atoms with E-state index in [0.29, 0.717) is 28.0 Å². The number of hydrogen-bond donors (Lipinski definition) is 2. The lowest BCUT2D eigenvalue weighted by molar-refractivity contribution is -0.136. The highest BCUT2D eigenvalue weighted by Crippen LogP contribution is 2.30. The monoisotopic (exact) mass is 392 g/mol. The van der Waals surface area contributed by atoms with Crippen LogP contribution in [0.25, 0.3) is 0 Å². The lowest BCUT2D eigenvalue weighted by Gasteiger charge is -2.16. The van der Waals surface area contributed by atoms with E-state index in [9.17, 15) is 9.59 Å². The van der Waals surface area contributed by atoms with Crippen LogP contribution >= 0.6 is 11.6 Å². The molecule has 0 radical (unpaired) electrons. The fraction of sp³-hybridized carbons (Fsp3) is 0.263. The first-order chi connectivity index (χ1) is 12.9. The average molecular weight is 393 g/mol. The molecule has 1 atom stereocenters. The van der Waals surface area contributed by atoms with Gasteiger partial charge in [0, 0.05) is 5.69 Å². The van der Waals surface area contributed by atoms with E-state index in [1.165, 1.54) is 20.3 Å². The van der Waals surface area contributed by atoms with Crippen LogP contribution in [0.5, 0.6) is 17.2 Å². The number of methoxy groups -OCH3 is 3. The molecule has 2 rings (SSSR count). The van der Waals surface area contributed by atoms with Gasteiger partial charge in [0.15, 0.2) is 11.5 Å². The summed E-state index contributed by atoms with van der Waals surface area (Å²) in [5.74, 6) is 0.0105. The largest absolute Gasteiger partial charge is 0.495 e. The average Bonchev–Trinajstić information content (AvgIpc) is 2.67. The van der Waals surface area contributed by atoms with E-state index in [4.69, 9.17) is 25.8 Å². The molecule has 0 aliphatic heterocycles. The van der Waals surface area contributed by atoms with E-state index in [-0.39, 0.29) is 0 Å². The first-order valence-electron chi connectivity index (χ1n) is 8.07. The number of hydrogen-bond acceptors (Lipinski definition) is 5. The van der Waals surface area contributed by atoms with Gasteiger partial charge in [0.05, 0.1) is 32.4 Å². The predicted octanol–water partition coefficient (Wildman–Crippen LogP) is 3.18. The quantitative estimate of drug-likeness (QED) is 0.737. The molecule has 1 unspecified atom stereocenters. The Morgan fingerprint density at radius 2 is 1.52 bits per heavy atom. The summed E-state index contributed by atoms with van der Waals surface area (Å²) in [6, 6.07) is 9.54. The Balaban J connectivity index is 2.03. The van der Waals surface area contributed by atoms with Gasteiger partial charge in [-0.2, -0.15) is 0 Å². The minimum absolute atomic E-state index is 0.328. The number of amides is 2. The smallest absolute Gasteiger partial charge is 0.313 e. The third-order valence-corrected chi connectivity index (χ3v) is 4.17. The van der Waals surface area contributed by atoms with E-state index >= 15 is 0 Å². The number of halogens is 1. The summed E-state index contributed by atoms with van der Waals surface area (Å²) in [7, 11) is 4.55. The van der Waals surface area contributed by atoms with Crippen molar-refractivity contribution in [2.45, 2.75) is 13.0 Å². The number of ether oxygens (including phenoxy) is 3. The molecule has 2 N–H and O–H groups in total. The molecule has 7 nitrogen and oxygen atoms in total. The Bertz CT molecular complexity index is 841. The Hall–Kier alpha value is -2.93. The molecular formula is C19H21ClN2O5. The maximum Gasteiger partial charge on any atom is 0.313 e. The van der Waals surface area contributed by atoms with Gasteiger partial charge in [-0.3, -0.25) is 9.59 Å². The number of anilines is 1. The van der Waals surface area contributed by atoms with Crippen molar-refractivity contribution in [3.05, 3.63) is 47.0 Å². The summed E-state index contributed by atoms with van der Waals surface area (Å²) >= 11 is 6.01. The van der Waals surface area contributed by atoms with E-state index in [2.05, 4.69) is 10.6 Å². The highest BCUT2D eigenvalue weighted by molar-refractivity contribution is 6.40. The molecule has 144 valence electrons. The maximum atomic E-state index is 12.2. The Kier molecular flexibility index (Phi) is 6.90. The molecule has 0 saturated carbocycles. The molecule has 0 heterocycles. The van der Waals surface area contributed by atoms with Gasteiger partial charge >= 0.3 is 11.8 Å². The second kappa shape index (κ2) is 9.14. The molecule has 8 heteroatoms. The van der Waals surface area contributed by atoms with Gasteiger partial charge in [0.25, 0.3) is 0 Å². The van der Waals surface area contributed by atoms with Crippen molar-refractivity contribution in [1.82, 2.24) is 5.32 Å². The standard InChI is InChI=1S/C19H21ClN2O5/c1-11(12-5-7-16(26-3)17(9-12)27-4)21-18(23)19(24)22-13-6-8-15(25-2)14(20)10-13/h5-11H,1-4H3,(H,21,23)(H,22,24). The van der Waals surface area contributed by atoms with Crippen molar-refractivity contribution in [3.8, 4) is 17.2 Å². The van der Waals surface area contributed by atoms with E-state index in [1.54, 1.807) is 44.4 Å². The lowest BCUT2D eigenvalue weighted by atomic mass is 10.1. The highest BCUT2D eigenvalue weighted by atomic mass is 35.5. The van der Waals surface area contributed by atoms with Gasteiger partial charge in [0.1, 0.15) is 5.75 Å². The topological polar surface area (TPSA) is 85.9 Å². The zero-order valence-electron chi connectivity index (χ0n) is 15.5. The van der Waals surface area contributed by atoms with Crippen LogP contribution in [-0.4, -0.2) is 33.1 Å². The number of benzene rings is 2. The molecule has 0 aliphatic carbocycles. The molecular weight excluding hydrogens is 372 g/mol. The van der Waals surface area contributed by atoms with Crippen LogP contribution < -0.4 is 24.8 Å². The van der Waals surface area contributed by atoms with Crippen LogP contribution in [0.15, 0.2) is 36.4 Å². The van der Waals surface area contributed by atoms with Crippen molar-refractivity contribution in [2.75, 3.05) is 26.6 Å². The SMILES string of the molecule is COc1ccc(NC(=O)C(=O)NC(C)c2ccc(OC)c(OC)c2)cc1Cl. The zero-order valence-corrected chi connectivity index (χ0v) is 16.2. The minimum Gasteiger partial charge on any atom is -0.495 e. The number of nitrogens with one attached hydrogen (secondary N) is 2. The fourth-order valence-electron chi connectivity index (χ4n) is 2.40.